The van der Waals surface area contributed by atoms with Crippen molar-refractivity contribution in [2.45, 2.75) is 17.6 Å². The maximum atomic E-state index is 12.5. The molecule has 1 aliphatic heterocycles. The van der Waals surface area contributed by atoms with Gasteiger partial charge in [0.1, 0.15) is 4.21 Å². The highest BCUT2D eigenvalue weighted by atomic mass is 35.5. The molecule has 11 heteroatoms. The molecule has 2 heterocycles. The number of sulfonamides is 1. The highest BCUT2D eigenvalue weighted by molar-refractivity contribution is 7.91. The standard InChI is InChI=1S/C16H25ClN4O4S2/c1-3-6-18-14(22)11-20-7-9-21(10-8-20)15(23)12-19(2)27(24,25)16-5-4-13(17)26-16/h4-5H,3,6-12H2,1-2H3,(H,18,22). The number of hydrogen-bond donors (Lipinski definition) is 1. The third kappa shape index (κ3) is 6.15. The van der Waals surface area contributed by atoms with Gasteiger partial charge in [0.25, 0.3) is 10.0 Å². The summed E-state index contributed by atoms with van der Waals surface area (Å²) >= 11 is 6.77. The number of amides is 2. The molecule has 1 aromatic heterocycles. The first-order chi connectivity index (χ1) is 12.7. The number of likely N-dealkylation sites (N-methyl/N-ethyl adjacent to an activating group) is 1. The fourth-order valence-corrected chi connectivity index (χ4v) is 5.46. The van der Waals surface area contributed by atoms with Crippen LogP contribution in [-0.2, 0) is 19.6 Å². The lowest BCUT2D eigenvalue weighted by atomic mass is 10.3. The number of nitrogens with one attached hydrogen (secondary N) is 1. The van der Waals surface area contributed by atoms with E-state index in [2.05, 4.69) is 5.32 Å². The number of halogens is 1. The number of nitrogens with zero attached hydrogens (tertiary/aromatic N) is 3. The van der Waals surface area contributed by atoms with Crippen molar-refractivity contribution in [1.29, 1.82) is 0 Å². The second-order valence-electron chi connectivity index (χ2n) is 6.33. The number of rotatable bonds is 8. The lowest BCUT2D eigenvalue weighted by molar-refractivity contribution is -0.133. The second-order valence-corrected chi connectivity index (χ2v) is 10.3. The number of carbonyl (C=O) groups excluding carboxylic acids is 2. The molecule has 1 N–H and O–H groups in total. The molecule has 0 bridgehead atoms. The van der Waals surface area contributed by atoms with Crippen molar-refractivity contribution in [1.82, 2.24) is 19.4 Å². The second kappa shape index (κ2) is 9.83. The Hall–Kier alpha value is -1.20. The molecule has 0 spiro atoms. The van der Waals surface area contributed by atoms with Gasteiger partial charge in [0.2, 0.25) is 11.8 Å². The topological polar surface area (TPSA) is 90.0 Å². The monoisotopic (exact) mass is 436 g/mol. The van der Waals surface area contributed by atoms with Crippen LogP contribution in [0.5, 0.6) is 0 Å². The first-order valence-electron chi connectivity index (χ1n) is 8.72. The molecule has 1 fully saturated rings. The summed E-state index contributed by atoms with van der Waals surface area (Å²) in [5.74, 6) is -0.268. The first-order valence-corrected chi connectivity index (χ1v) is 11.4. The molecule has 0 saturated carbocycles. The molecule has 27 heavy (non-hydrogen) atoms. The van der Waals surface area contributed by atoms with Gasteiger partial charge < -0.3 is 10.2 Å². The fraction of sp³-hybridized carbons (Fsp3) is 0.625. The van der Waals surface area contributed by atoms with E-state index < -0.39 is 10.0 Å². The van der Waals surface area contributed by atoms with Gasteiger partial charge in [-0.3, -0.25) is 14.5 Å². The zero-order valence-corrected chi connectivity index (χ0v) is 17.9. The quantitative estimate of drug-likeness (QED) is 0.647. The van der Waals surface area contributed by atoms with Crippen LogP contribution in [0.3, 0.4) is 0 Å². The average molecular weight is 437 g/mol. The molecule has 0 aromatic carbocycles. The summed E-state index contributed by atoms with van der Waals surface area (Å²) in [6, 6.07) is 2.95. The lowest BCUT2D eigenvalue weighted by Crippen LogP contribution is -2.53. The lowest BCUT2D eigenvalue weighted by Gasteiger charge is -2.35. The summed E-state index contributed by atoms with van der Waals surface area (Å²) in [4.78, 5) is 27.8. The van der Waals surface area contributed by atoms with E-state index in [0.717, 1.165) is 22.1 Å². The Morgan fingerprint density at radius 3 is 2.48 bits per heavy atom. The zero-order valence-electron chi connectivity index (χ0n) is 15.5. The first kappa shape index (κ1) is 22.1. The normalized spacial score (nSPS) is 15.9. The molecular weight excluding hydrogens is 412 g/mol. The average Bonchev–Trinajstić information content (AvgIpc) is 3.07. The highest BCUT2D eigenvalue weighted by Gasteiger charge is 2.28. The Morgan fingerprint density at radius 2 is 1.93 bits per heavy atom. The summed E-state index contributed by atoms with van der Waals surface area (Å²) in [7, 11) is -2.35. The minimum absolute atomic E-state index is 0.0166. The van der Waals surface area contributed by atoms with Gasteiger partial charge in [-0.2, -0.15) is 4.31 Å². The summed E-state index contributed by atoms with van der Waals surface area (Å²) in [6.45, 7) is 4.86. The Balaban J connectivity index is 1.83. The number of thiophene rings is 1. The van der Waals surface area contributed by atoms with Gasteiger partial charge >= 0.3 is 0 Å². The summed E-state index contributed by atoms with van der Waals surface area (Å²) in [5.41, 5.74) is 0. The summed E-state index contributed by atoms with van der Waals surface area (Å²) in [6.07, 6.45) is 0.891. The van der Waals surface area contributed by atoms with Crippen molar-refractivity contribution in [3.05, 3.63) is 16.5 Å². The Kier molecular flexibility index (Phi) is 8.04. The van der Waals surface area contributed by atoms with E-state index in [1.807, 2.05) is 11.8 Å². The Bertz CT molecular complexity index is 760. The fourth-order valence-electron chi connectivity index (χ4n) is 2.64. The van der Waals surface area contributed by atoms with Crippen molar-refractivity contribution in [2.75, 3.05) is 52.9 Å². The van der Waals surface area contributed by atoms with Gasteiger partial charge in [-0.05, 0) is 18.6 Å². The number of hydrogen-bond acceptors (Lipinski definition) is 6. The zero-order chi connectivity index (χ0) is 20.0. The van der Waals surface area contributed by atoms with E-state index in [0.29, 0.717) is 43.6 Å². The summed E-state index contributed by atoms with van der Waals surface area (Å²) in [5, 5.41) is 2.83. The van der Waals surface area contributed by atoms with Crippen LogP contribution >= 0.6 is 22.9 Å². The SMILES string of the molecule is CCCNC(=O)CN1CCN(C(=O)CN(C)S(=O)(=O)c2ccc(Cl)s2)CC1. The van der Waals surface area contributed by atoms with Gasteiger partial charge in [0.05, 0.1) is 17.4 Å². The molecule has 0 radical (unpaired) electrons. The maximum absolute atomic E-state index is 12.5. The van der Waals surface area contributed by atoms with Crippen LogP contribution in [0, 0.1) is 0 Å². The van der Waals surface area contributed by atoms with Crippen molar-refractivity contribution in [3.8, 4) is 0 Å². The summed E-state index contributed by atoms with van der Waals surface area (Å²) < 4.78 is 26.5. The van der Waals surface area contributed by atoms with Crippen LogP contribution in [0.1, 0.15) is 13.3 Å². The van der Waals surface area contributed by atoms with Crippen LogP contribution in [0.25, 0.3) is 0 Å². The van der Waals surface area contributed by atoms with Crippen LogP contribution in [-0.4, -0.2) is 87.2 Å². The van der Waals surface area contributed by atoms with Gasteiger partial charge in [-0.25, -0.2) is 8.42 Å². The van der Waals surface area contributed by atoms with Gasteiger partial charge in [0, 0.05) is 39.8 Å². The predicted octanol–water partition coefficient (Wildman–Crippen LogP) is 0.692. The van der Waals surface area contributed by atoms with E-state index in [-0.39, 0.29) is 22.6 Å². The molecule has 0 unspecified atom stereocenters. The van der Waals surface area contributed by atoms with Crippen molar-refractivity contribution >= 4 is 44.8 Å². The third-order valence-corrected chi connectivity index (χ3v) is 7.74. The molecule has 2 amide bonds. The van der Waals surface area contributed by atoms with Crippen LogP contribution in [0.4, 0.5) is 0 Å². The van der Waals surface area contributed by atoms with E-state index >= 15 is 0 Å². The van der Waals surface area contributed by atoms with Crippen LogP contribution in [0.2, 0.25) is 4.34 Å². The number of carbonyl (C=O) groups is 2. The molecule has 0 aliphatic carbocycles. The van der Waals surface area contributed by atoms with Crippen LogP contribution < -0.4 is 5.32 Å². The molecule has 2 rings (SSSR count). The molecular formula is C16H25ClN4O4S2. The Morgan fingerprint density at radius 1 is 1.26 bits per heavy atom. The molecule has 8 nitrogen and oxygen atoms in total. The molecule has 1 aromatic rings. The third-order valence-electron chi connectivity index (χ3n) is 4.24. The highest BCUT2D eigenvalue weighted by Crippen LogP contribution is 2.27. The van der Waals surface area contributed by atoms with Crippen molar-refractivity contribution in [2.24, 2.45) is 0 Å². The van der Waals surface area contributed by atoms with Crippen molar-refractivity contribution < 1.29 is 18.0 Å². The Labute approximate surface area is 169 Å². The van der Waals surface area contributed by atoms with Gasteiger partial charge in [-0.1, -0.05) is 18.5 Å². The van der Waals surface area contributed by atoms with E-state index in [1.54, 1.807) is 4.90 Å². The smallest absolute Gasteiger partial charge is 0.252 e. The van der Waals surface area contributed by atoms with E-state index in [9.17, 15) is 18.0 Å². The van der Waals surface area contributed by atoms with Crippen LogP contribution in [0.15, 0.2) is 16.3 Å². The molecule has 1 aliphatic rings. The minimum Gasteiger partial charge on any atom is -0.355 e. The predicted molar refractivity (Wildman–Crippen MR) is 105 cm³/mol. The molecule has 0 atom stereocenters. The molecule has 1 saturated heterocycles. The largest absolute Gasteiger partial charge is 0.355 e. The van der Waals surface area contributed by atoms with Gasteiger partial charge in [-0.15, -0.1) is 11.3 Å². The maximum Gasteiger partial charge on any atom is 0.252 e. The molecule has 152 valence electrons. The van der Waals surface area contributed by atoms with E-state index in [4.69, 9.17) is 11.6 Å². The van der Waals surface area contributed by atoms with E-state index in [1.165, 1.54) is 19.2 Å². The van der Waals surface area contributed by atoms with Gasteiger partial charge in [0.15, 0.2) is 0 Å². The minimum atomic E-state index is -3.73. The van der Waals surface area contributed by atoms with Crippen molar-refractivity contribution in [3.63, 3.8) is 0 Å². The number of piperazine rings is 1.